The molecule has 5 N–H and O–H groups in total. The number of aromatic hydroxyl groups is 1. The van der Waals surface area contributed by atoms with Crippen LogP contribution in [-0.4, -0.2) is 45.7 Å². The molecule has 7 heteroatoms. The summed E-state index contributed by atoms with van der Waals surface area (Å²) in [4.78, 5) is 2.20. The standard InChI is InChI=1S/C23H32N6O/c1-22(2)11-17(12-23(3,4)28-22)29(5)21-9-8-19(26-27-21)18-7-6-15(10-20(18)30)16(13-24)14-25/h6-10,13-14,17,24,28,30H,11-12,25H2,1-5H3/b16-14+,24-13?. The molecule has 1 aromatic heterocycles. The number of nitrogens with zero attached hydrogens (tertiary/aromatic N) is 3. The third-order valence-corrected chi connectivity index (χ3v) is 5.67. The minimum absolute atomic E-state index is 0.0505. The van der Waals surface area contributed by atoms with Crippen molar-refractivity contribution in [1.82, 2.24) is 15.5 Å². The van der Waals surface area contributed by atoms with Gasteiger partial charge in [-0.3, -0.25) is 0 Å². The Kier molecular flexibility index (Phi) is 5.85. The lowest BCUT2D eigenvalue weighted by Gasteiger charge is -2.49. The molecule has 0 aliphatic carbocycles. The maximum Gasteiger partial charge on any atom is 0.151 e. The smallest absolute Gasteiger partial charge is 0.151 e. The van der Waals surface area contributed by atoms with Crippen LogP contribution in [0.4, 0.5) is 5.82 Å². The van der Waals surface area contributed by atoms with Crippen LogP contribution < -0.4 is 16.0 Å². The first-order valence-corrected chi connectivity index (χ1v) is 10.2. The molecule has 0 spiro atoms. The number of rotatable bonds is 5. The van der Waals surface area contributed by atoms with E-state index in [1.54, 1.807) is 18.2 Å². The summed E-state index contributed by atoms with van der Waals surface area (Å²) in [5.41, 5.74) is 8.02. The number of allylic oxidation sites excluding steroid dienone is 1. The van der Waals surface area contributed by atoms with Crippen molar-refractivity contribution in [2.24, 2.45) is 5.73 Å². The molecular weight excluding hydrogens is 376 g/mol. The largest absolute Gasteiger partial charge is 0.507 e. The normalized spacial score (nSPS) is 18.8. The highest BCUT2D eigenvalue weighted by Gasteiger charge is 2.39. The molecule has 2 aromatic rings. The minimum atomic E-state index is 0.0505. The summed E-state index contributed by atoms with van der Waals surface area (Å²) >= 11 is 0. The van der Waals surface area contributed by atoms with E-state index >= 15 is 0 Å². The molecule has 1 aliphatic heterocycles. The van der Waals surface area contributed by atoms with Crippen LogP contribution >= 0.6 is 0 Å². The fourth-order valence-corrected chi connectivity index (χ4v) is 4.54. The van der Waals surface area contributed by atoms with Gasteiger partial charge in [-0.25, -0.2) is 0 Å². The molecule has 0 bridgehead atoms. The maximum atomic E-state index is 10.5. The highest BCUT2D eigenvalue weighted by Crippen LogP contribution is 2.34. The topological polar surface area (TPSA) is 111 Å². The molecule has 7 nitrogen and oxygen atoms in total. The third kappa shape index (κ3) is 4.62. The number of nitrogens with two attached hydrogens (primary N) is 1. The van der Waals surface area contributed by atoms with Gasteiger partial charge in [-0.2, -0.15) is 0 Å². The number of anilines is 1. The number of benzene rings is 1. The van der Waals surface area contributed by atoms with Crippen LogP contribution in [0.5, 0.6) is 5.75 Å². The molecule has 0 saturated carbocycles. The number of aromatic nitrogens is 2. The predicted octanol–water partition coefficient (Wildman–Crippen LogP) is 3.54. The van der Waals surface area contributed by atoms with Crippen molar-refractivity contribution < 1.29 is 5.11 Å². The highest BCUT2D eigenvalue weighted by atomic mass is 16.3. The summed E-state index contributed by atoms with van der Waals surface area (Å²) in [5, 5.41) is 30.4. The van der Waals surface area contributed by atoms with Crippen LogP contribution in [0.25, 0.3) is 16.8 Å². The Morgan fingerprint density at radius 1 is 1.17 bits per heavy atom. The van der Waals surface area contributed by atoms with Crippen molar-refractivity contribution in [2.75, 3.05) is 11.9 Å². The first kappa shape index (κ1) is 21.8. The second kappa shape index (κ2) is 8.07. The molecule has 1 fully saturated rings. The Morgan fingerprint density at radius 2 is 1.83 bits per heavy atom. The van der Waals surface area contributed by atoms with Gasteiger partial charge in [-0.05, 0) is 70.4 Å². The van der Waals surface area contributed by atoms with E-state index in [1.165, 1.54) is 6.20 Å². The van der Waals surface area contributed by atoms with Crippen LogP contribution in [0, 0.1) is 5.41 Å². The Labute approximate surface area is 178 Å². The second-order valence-electron chi connectivity index (χ2n) is 9.34. The Bertz CT molecular complexity index is 933. The fraction of sp³-hybridized carbons (Fsp3) is 0.435. The van der Waals surface area contributed by atoms with Crippen molar-refractivity contribution in [3.63, 3.8) is 0 Å². The molecule has 0 unspecified atom stereocenters. The van der Waals surface area contributed by atoms with Gasteiger partial charge in [0, 0.05) is 47.7 Å². The van der Waals surface area contributed by atoms with Crippen LogP contribution in [0.1, 0.15) is 46.1 Å². The zero-order valence-electron chi connectivity index (χ0n) is 18.4. The lowest BCUT2D eigenvalue weighted by molar-refractivity contribution is 0.160. The van der Waals surface area contributed by atoms with E-state index in [0.29, 0.717) is 28.4 Å². The molecule has 30 heavy (non-hydrogen) atoms. The van der Waals surface area contributed by atoms with E-state index in [1.807, 2.05) is 12.1 Å². The highest BCUT2D eigenvalue weighted by molar-refractivity contribution is 6.08. The molecular formula is C23H32N6O. The average molecular weight is 409 g/mol. The summed E-state index contributed by atoms with van der Waals surface area (Å²) < 4.78 is 0. The average Bonchev–Trinajstić information content (AvgIpc) is 2.66. The number of piperidine rings is 1. The monoisotopic (exact) mass is 408 g/mol. The van der Waals surface area contributed by atoms with Crippen molar-refractivity contribution in [2.45, 2.75) is 57.7 Å². The molecule has 2 heterocycles. The lowest BCUT2D eigenvalue weighted by Crippen LogP contribution is -2.62. The quantitative estimate of drug-likeness (QED) is 0.563. The van der Waals surface area contributed by atoms with E-state index in [2.05, 4.69) is 55.2 Å². The van der Waals surface area contributed by atoms with Gasteiger partial charge in [-0.1, -0.05) is 6.07 Å². The van der Waals surface area contributed by atoms with Gasteiger partial charge in [0.15, 0.2) is 5.82 Å². The van der Waals surface area contributed by atoms with E-state index in [9.17, 15) is 5.11 Å². The molecule has 0 amide bonds. The molecule has 0 radical (unpaired) electrons. The number of hydrogen-bond donors (Lipinski definition) is 4. The van der Waals surface area contributed by atoms with Crippen molar-refractivity contribution >= 4 is 17.6 Å². The third-order valence-electron chi connectivity index (χ3n) is 5.67. The number of phenols is 1. The van der Waals surface area contributed by atoms with Gasteiger partial charge >= 0.3 is 0 Å². The summed E-state index contributed by atoms with van der Waals surface area (Å²) in [6.07, 6.45) is 4.53. The maximum absolute atomic E-state index is 10.5. The van der Waals surface area contributed by atoms with Gasteiger partial charge < -0.3 is 26.5 Å². The molecule has 0 atom stereocenters. The Morgan fingerprint density at radius 3 is 2.33 bits per heavy atom. The van der Waals surface area contributed by atoms with Crippen LogP contribution in [0.2, 0.25) is 0 Å². The summed E-state index contributed by atoms with van der Waals surface area (Å²) in [5.74, 6) is 0.886. The molecule has 1 aromatic carbocycles. The summed E-state index contributed by atoms with van der Waals surface area (Å²) in [7, 11) is 2.07. The Hall–Kier alpha value is -2.93. The zero-order chi connectivity index (χ0) is 22.1. The fourth-order valence-electron chi connectivity index (χ4n) is 4.54. The van der Waals surface area contributed by atoms with Gasteiger partial charge in [0.25, 0.3) is 0 Å². The van der Waals surface area contributed by atoms with Crippen LogP contribution in [0.3, 0.4) is 0 Å². The van der Waals surface area contributed by atoms with Gasteiger partial charge in [-0.15, -0.1) is 10.2 Å². The van der Waals surface area contributed by atoms with E-state index in [0.717, 1.165) is 24.9 Å². The molecule has 3 rings (SSSR count). The van der Waals surface area contributed by atoms with Crippen molar-refractivity contribution in [3.8, 4) is 17.0 Å². The zero-order valence-corrected chi connectivity index (χ0v) is 18.4. The van der Waals surface area contributed by atoms with Crippen molar-refractivity contribution in [1.29, 1.82) is 5.41 Å². The molecule has 1 aliphatic rings. The second-order valence-corrected chi connectivity index (χ2v) is 9.34. The lowest BCUT2D eigenvalue weighted by atomic mass is 9.79. The van der Waals surface area contributed by atoms with Crippen molar-refractivity contribution in [3.05, 3.63) is 42.1 Å². The first-order valence-electron chi connectivity index (χ1n) is 10.2. The number of nitrogens with one attached hydrogen (secondary N) is 2. The summed E-state index contributed by atoms with van der Waals surface area (Å²) in [6, 6.07) is 9.33. The van der Waals surface area contributed by atoms with E-state index < -0.39 is 0 Å². The summed E-state index contributed by atoms with van der Waals surface area (Å²) in [6.45, 7) is 8.94. The predicted molar refractivity (Wildman–Crippen MR) is 123 cm³/mol. The first-order chi connectivity index (χ1) is 14.0. The van der Waals surface area contributed by atoms with Crippen LogP contribution in [0.15, 0.2) is 36.5 Å². The molecule has 160 valence electrons. The van der Waals surface area contributed by atoms with Crippen LogP contribution in [-0.2, 0) is 0 Å². The molecule has 1 saturated heterocycles. The van der Waals surface area contributed by atoms with Gasteiger partial charge in [0.1, 0.15) is 5.75 Å². The minimum Gasteiger partial charge on any atom is -0.507 e. The van der Waals surface area contributed by atoms with E-state index in [-0.39, 0.29) is 16.8 Å². The van der Waals surface area contributed by atoms with Gasteiger partial charge in [0.05, 0.1) is 5.69 Å². The Balaban J connectivity index is 1.82. The SMILES string of the molecule is CN(c1ccc(-c2ccc(/C(C=N)=C/N)cc2O)nn1)C1CC(C)(C)NC(C)(C)C1. The van der Waals surface area contributed by atoms with E-state index in [4.69, 9.17) is 11.1 Å². The number of phenolic OH excluding ortho intramolecular Hbond substituents is 1. The number of hydrogen-bond acceptors (Lipinski definition) is 7. The van der Waals surface area contributed by atoms with Gasteiger partial charge in [0.2, 0.25) is 0 Å².